The first-order valence-corrected chi connectivity index (χ1v) is 9.41. The smallest absolute Gasteiger partial charge is 0.280 e. The van der Waals surface area contributed by atoms with Crippen molar-refractivity contribution in [3.8, 4) is 0 Å². The summed E-state index contributed by atoms with van der Waals surface area (Å²) in [6, 6.07) is 6.21. The minimum atomic E-state index is -5.14. The Morgan fingerprint density at radius 3 is 1.50 bits per heavy atom. The van der Waals surface area contributed by atoms with Crippen molar-refractivity contribution in [3.63, 3.8) is 0 Å². The topological polar surface area (TPSA) is 46.2 Å². The van der Waals surface area contributed by atoms with Crippen LogP contribution in [0, 0.1) is 0 Å². The molecule has 0 aliphatic heterocycles. The van der Waals surface area contributed by atoms with E-state index in [0.29, 0.717) is 0 Å². The highest BCUT2D eigenvalue weighted by Gasteiger charge is 2.38. The van der Waals surface area contributed by atoms with E-state index in [-0.39, 0.29) is 29.3 Å². The van der Waals surface area contributed by atoms with Crippen molar-refractivity contribution in [2.45, 2.75) is 43.4 Å². The van der Waals surface area contributed by atoms with Gasteiger partial charge in [0.1, 0.15) is 0 Å². The van der Waals surface area contributed by atoms with Gasteiger partial charge >= 0.3 is 12.4 Å². The molecule has 0 amide bonds. The van der Waals surface area contributed by atoms with Crippen LogP contribution in [0.3, 0.4) is 0 Å². The molecule has 0 spiro atoms. The molecule has 0 heterocycles. The Kier molecular flexibility index (Phi) is 5.50. The van der Waals surface area contributed by atoms with E-state index in [1.165, 1.54) is 12.1 Å². The lowest BCUT2D eigenvalue weighted by molar-refractivity contribution is -0.143. The van der Waals surface area contributed by atoms with Gasteiger partial charge in [0.2, 0.25) is 0 Å². The Bertz CT molecular complexity index is 923. The Balaban J connectivity index is 2.47. The van der Waals surface area contributed by atoms with Gasteiger partial charge in [-0.2, -0.15) is 26.3 Å². The molecule has 0 radical (unpaired) electrons. The van der Waals surface area contributed by atoms with Crippen molar-refractivity contribution in [2.24, 2.45) is 0 Å². The largest absolute Gasteiger partial charge is 0.416 e. The summed E-state index contributed by atoms with van der Waals surface area (Å²) >= 11 is 0. The number of anilines is 1. The number of alkyl halides is 6. The van der Waals surface area contributed by atoms with Gasteiger partial charge in [-0.15, -0.1) is 0 Å². The molecule has 0 aliphatic rings. The summed E-state index contributed by atoms with van der Waals surface area (Å²) in [5.74, 6) is 0. The van der Waals surface area contributed by atoms with Crippen LogP contribution >= 0.6 is 0 Å². The highest BCUT2D eigenvalue weighted by atomic mass is 32.2. The van der Waals surface area contributed by atoms with Gasteiger partial charge in [0.25, 0.3) is 10.0 Å². The molecule has 154 valence electrons. The summed E-state index contributed by atoms with van der Waals surface area (Å²) in [6.07, 6.45) is -10.3. The van der Waals surface area contributed by atoms with E-state index < -0.39 is 38.4 Å². The third kappa shape index (κ3) is 5.18. The molecule has 2 aromatic rings. The molecule has 0 aromatic heterocycles. The monoisotopic (exact) mass is 425 g/mol. The van der Waals surface area contributed by atoms with Crippen LogP contribution in [-0.4, -0.2) is 8.42 Å². The van der Waals surface area contributed by atoms with Crippen molar-refractivity contribution in [1.29, 1.82) is 0 Å². The number of sulfonamides is 1. The number of halogens is 6. The van der Waals surface area contributed by atoms with Crippen molar-refractivity contribution in [3.05, 3.63) is 59.2 Å². The lowest BCUT2D eigenvalue weighted by Crippen LogP contribution is -2.17. The molecule has 0 unspecified atom stereocenters. The Morgan fingerprint density at radius 1 is 0.714 bits per heavy atom. The summed E-state index contributed by atoms with van der Waals surface area (Å²) in [4.78, 5) is -1.13. The second kappa shape index (κ2) is 6.98. The minimum Gasteiger partial charge on any atom is -0.280 e. The van der Waals surface area contributed by atoms with Gasteiger partial charge in [-0.25, -0.2) is 8.42 Å². The molecular formula is C18H17F6NO2S. The number of rotatable bonds is 3. The molecule has 2 aromatic carbocycles. The minimum absolute atomic E-state index is 0.0129. The van der Waals surface area contributed by atoms with Crippen molar-refractivity contribution in [2.75, 3.05) is 4.72 Å². The second-order valence-electron chi connectivity index (χ2n) is 7.17. The van der Waals surface area contributed by atoms with E-state index >= 15 is 0 Å². The van der Waals surface area contributed by atoms with Crippen LogP contribution in [0.4, 0.5) is 32.0 Å². The van der Waals surface area contributed by atoms with Gasteiger partial charge in [0, 0.05) is 5.69 Å². The Labute approximate surface area is 158 Å². The highest BCUT2D eigenvalue weighted by molar-refractivity contribution is 7.92. The van der Waals surface area contributed by atoms with Crippen LogP contribution in [0.15, 0.2) is 47.4 Å². The maximum absolute atomic E-state index is 12.9. The predicted molar refractivity (Wildman–Crippen MR) is 92.4 cm³/mol. The Hall–Kier alpha value is -2.23. The van der Waals surface area contributed by atoms with Crippen molar-refractivity contribution < 1.29 is 34.8 Å². The average molecular weight is 425 g/mol. The van der Waals surface area contributed by atoms with Crippen LogP contribution in [0.25, 0.3) is 0 Å². The third-order valence-corrected chi connectivity index (χ3v) is 5.24. The fourth-order valence-corrected chi connectivity index (χ4v) is 3.46. The molecule has 1 N–H and O–H groups in total. The fourth-order valence-electron chi connectivity index (χ4n) is 2.33. The summed E-state index contributed by atoms with van der Waals surface area (Å²) in [5, 5.41) is 0. The number of nitrogens with one attached hydrogen (secondary N) is 1. The third-order valence-electron chi connectivity index (χ3n) is 3.87. The summed E-state index contributed by atoms with van der Waals surface area (Å²) in [6.45, 7) is 5.77. The molecule has 10 heteroatoms. The first-order valence-electron chi connectivity index (χ1n) is 7.93. The number of hydrogen-bond donors (Lipinski definition) is 1. The summed E-state index contributed by atoms with van der Waals surface area (Å²) in [7, 11) is -4.68. The summed E-state index contributed by atoms with van der Waals surface area (Å²) < 4.78 is 104. The van der Waals surface area contributed by atoms with Gasteiger partial charge in [-0.3, -0.25) is 4.72 Å². The van der Waals surface area contributed by atoms with Gasteiger partial charge in [-0.1, -0.05) is 32.9 Å². The van der Waals surface area contributed by atoms with Crippen molar-refractivity contribution in [1.82, 2.24) is 0 Å². The Morgan fingerprint density at radius 2 is 1.14 bits per heavy atom. The zero-order valence-electron chi connectivity index (χ0n) is 15.0. The van der Waals surface area contributed by atoms with Gasteiger partial charge in [0.15, 0.2) is 0 Å². The molecular weight excluding hydrogens is 408 g/mol. The van der Waals surface area contributed by atoms with Crippen LogP contribution < -0.4 is 4.72 Å². The summed E-state index contributed by atoms with van der Waals surface area (Å²) in [5.41, 5.74) is -2.75. The number of hydrogen-bond acceptors (Lipinski definition) is 2. The van der Waals surface area contributed by atoms with E-state index in [9.17, 15) is 34.8 Å². The lowest BCUT2D eigenvalue weighted by atomic mass is 9.87. The molecule has 0 aliphatic carbocycles. The fraction of sp³-hybridized carbons (Fsp3) is 0.333. The van der Waals surface area contributed by atoms with E-state index in [1.54, 1.807) is 12.1 Å². The van der Waals surface area contributed by atoms with Gasteiger partial charge < -0.3 is 0 Å². The molecule has 3 nitrogen and oxygen atoms in total. The van der Waals surface area contributed by atoms with E-state index in [1.807, 2.05) is 25.5 Å². The predicted octanol–water partition coefficient (Wildman–Crippen LogP) is 5.82. The molecule has 2 rings (SSSR count). The SMILES string of the molecule is CC(C)(C)c1ccc(NS(=O)(=O)c2cc(C(F)(F)F)cc(C(F)(F)F)c2)cc1. The maximum atomic E-state index is 12.9. The lowest BCUT2D eigenvalue weighted by Gasteiger charge is -2.19. The zero-order valence-corrected chi connectivity index (χ0v) is 15.9. The molecule has 28 heavy (non-hydrogen) atoms. The molecule has 0 saturated carbocycles. The molecule has 0 fully saturated rings. The second-order valence-corrected chi connectivity index (χ2v) is 8.86. The highest BCUT2D eigenvalue weighted by Crippen LogP contribution is 2.37. The standard InChI is InChI=1S/C18H17F6NO2S/c1-16(2,3)11-4-6-14(7-5-11)25-28(26,27)15-9-12(17(19,20)21)8-13(10-15)18(22,23)24/h4-10,25H,1-3H3. The van der Waals surface area contributed by atoms with E-state index in [0.717, 1.165) is 5.56 Å². The first-order chi connectivity index (χ1) is 12.5. The molecule has 0 bridgehead atoms. The van der Waals surface area contributed by atoms with Crippen molar-refractivity contribution >= 4 is 15.7 Å². The van der Waals surface area contributed by atoms with Gasteiger partial charge in [-0.05, 0) is 41.3 Å². The van der Waals surface area contributed by atoms with Crippen LogP contribution in [-0.2, 0) is 27.8 Å². The van der Waals surface area contributed by atoms with Crippen LogP contribution in [0.2, 0.25) is 0 Å². The molecule has 0 atom stereocenters. The zero-order chi connectivity index (χ0) is 21.5. The first kappa shape index (κ1) is 22.1. The average Bonchev–Trinajstić information content (AvgIpc) is 2.52. The normalized spacial score (nSPS) is 13.5. The van der Waals surface area contributed by atoms with E-state index in [4.69, 9.17) is 0 Å². The maximum Gasteiger partial charge on any atom is 0.416 e. The number of benzene rings is 2. The molecule has 0 saturated heterocycles. The van der Waals surface area contributed by atoms with Crippen LogP contribution in [0.5, 0.6) is 0 Å². The van der Waals surface area contributed by atoms with E-state index in [2.05, 4.69) is 0 Å². The quantitative estimate of drug-likeness (QED) is 0.630. The van der Waals surface area contributed by atoms with Gasteiger partial charge in [0.05, 0.1) is 16.0 Å². The van der Waals surface area contributed by atoms with Crippen LogP contribution in [0.1, 0.15) is 37.5 Å².